The van der Waals surface area contributed by atoms with Gasteiger partial charge in [0.1, 0.15) is 0 Å². The normalized spacial score (nSPS) is 13.0. The fourth-order valence-corrected chi connectivity index (χ4v) is 1.99. The van der Waals surface area contributed by atoms with Crippen molar-refractivity contribution < 1.29 is 22.7 Å². The number of carbonyl (C=O) groups is 1. The molecular formula is C15H20F3NO2. The summed E-state index contributed by atoms with van der Waals surface area (Å²) in [6, 6.07) is 9.16. The summed E-state index contributed by atoms with van der Waals surface area (Å²) in [7, 11) is 1.32. The monoisotopic (exact) mass is 303 g/mol. The second kappa shape index (κ2) is 8.67. The lowest BCUT2D eigenvalue weighted by Crippen LogP contribution is -2.28. The second-order valence-corrected chi connectivity index (χ2v) is 4.76. The molecule has 1 rings (SSSR count). The third-order valence-corrected chi connectivity index (χ3v) is 3.10. The number of benzene rings is 1. The second-order valence-electron chi connectivity index (χ2n) is 4.76. The van der Waals surface area contributed by atoms with Gasteiger partial charge in [-0.2, -0.15) is 13.2 Å². The number of alkyl halides is 3. The first-order valence-electron chi connectivity index (χ1n) is 6.84. The van der Waals surface area contributed by atoms with Crippen LogP contribution in [0.1, 0.15) is 30.7 Å². The van der Waals surface area contributed by atoms with Crippen molar-refractivity contribution in [3.05, 3.63) is 35.9 Å². The molecule has 0 radical (unpaired) electrons. The van der Waals surface area contributed by atoms with Crippen LogP contribution in [-0.2, 0) is 9.53 Å². The van der Waals surface area contributed by atoms with Crippen molar-refractivity contribution >= 4 is 5.97 Å². The molecule has 0 fully saturated rings. The Bertz CT molecular complexity index is 421. The first-order valence-corrected chi connectivity index (χ1v) is 6.84. The van der Waals surface area contributed by atoms with Gasteiger partial charge in [-0.25, -0.2) is 0 Å². The summed E-state index contributed by atoms with van der Waals surface area (Å²) in [5.74, 6) is -0.803. The number of hydrogen-bond donors (Lipinski definition) is 1. The van der Waals surface area contributed by atoms with Crippen molar-refractivity contribution in [2.75, 3.05) is 20.2 Å². The summed E-state index contributed by atoms with van der Waals surface area (Å²) in [6.45, 7) is 0.791. The SMILES string of the molecule is COC(=O)C(CNCCCCC(F)(F)F)c1ccccc1. The van der Waals surface area contributed by atoms with Crippen molar-refractivity contribution in [1.29, 1.82) is 0 Å². The predicted molar refractivity (Wildman–Crippen MR) is 74.0 cm³/mol. The molecule has 0 aliphatic rings. The molecule has 3 nitrogen and oxygen atoms in total. The van der Waals surface area contributed by atoms with Crippen LogP contribution in [0.25, 0.3) is 0 Å². The van der Waals surface area contributed by atoms with Crippen LogP contribution in [-0.4, -0.2) is 32.3 Å². The zero-order valence-corrected chi connectivity index (χ0v) is 12.0. The van der Waals surface area contributed by atoms with E-state index in [0.29, 0.717) is 19.5 Å². The van der Waals surface area contributed by atoms with Gasteiger partial charge in [0.15, 0.2) is 0 Å². The van der Waals surface area contributed by atoms with Gasteiger partial charge in [0.05, 0.1) is 13.0 Å². The number of nitrogens with one attached hydrogen (secondary N) is 1. The molecule has 1 aromatic rings. The van der Waals surface area contributed by atoms with Gasteiger partial charge in [0, 0.05) is 13.0 Å². The van der Waals surface area contributed by atoms with Crippen LogP contribution >= 0.6 is 0 Å². The molecule has 0 aliphatic heterocycles. The van der Waals surface area contributed by atoms with E-state index < -0.39 is 18.5 Å². The van der Waals surface area contributed by atoms with Crippen LogP contribution in [0.3, 0.4) is 0 Å². The van der Waals surface area contributed by atoms with E-state index in [4.69, 9.17) is 4.74 Å². The Labute approximate surface area is 122 Å². The van der Waals surface area contributed by atoms with Crippen LogP contribution in [0, 0.1) is 0 Å². The van der Waals surface area contributed by atoms with Crippen LogP contribution in [0.15, 0.2) is 30.3 Å². The topological polar surface area (TPSA) is 38.3 Å². The highest BCUT2D eigenvalue weighted by atomic mass is 19.4. The van der Waals surface area contributed by atoms with Crippen molar-refractivity contribution in [3.63, 3.8) is 0 Å². The quantitative estimate of drug-likeness (QED) is 0.592. The Kier molecular flexibility index (Phi) is 7.22. The molecule has 0 saturated heterocycles. The van der Waals surface area contributed by atoms with Crippen LogP contribution < -0.4 is 5.32 Å². The van der Waals surface area contributed by atoms with Crippen molar-refractivity contribution in [2.24, 2.45) is 0 Å². The van der Waals surface area contributed by atoms with Gasteiger partial charge < -0.3 is 10.1 Å². The maximum atomic E-state index is 12.0. The minimum absolute atomic E-state index is 0.0880. The Hall–Kier alpha value is -1.56. The smallest absolute Gasteiger partial charge is 0.389 e. The molecule has 1 N–H and O–H groups in total. The van der Waals surface area contributed by atoms with Gasteiger partial charge in [-0.3, -0.25) is 4.79 Å². The standard InChI is InChI=1S/C15H20F3NO2/c1-21-14(20)13(12-7-3-2-4-8-12)11-19-10-6-5-9-15(16,17)18/h2-4,7-8,13,19H,5-6,9-11H2,1H3. The molecule has 1 unspecified atom stereocenters. The summed E-state index contributed by atoms with van der Waals surface area (Å²) in [5.41, 5.74) is 0.826. The van der Waals surface area contributed by atoms with Crippen molar-refractivity contribution in [2.45, 2.75) is 31.4 Å². The van der Waals surface area contributed by atoms with Crippen LogP contribution in [0.4, 0.5) is 13.2 Å². The first-order chi connectivity index (χ1) is 9.94. The van der Waals surface area contributed by atoms with Gasteiger partial charge in [0.25, 0.3) is 0 Å². The van der Waals surface area contributed by atoms with E-state index >= 15 is 0 Å². The molecule has 0 amide bonds. The molecule has 0 aromatic heterocycles. The lowest BCUT2D eigenvalue weighted by molar-refractivity contribution is -0.142. The molecule has 6 heteroatoms. The van der Waals surface area contributed by atoms with Crippen LogP contribution in [0.2, 0.25) is 0 Å². The lowest BCUT2D eigenvalue weighted by Gasteiger charge is -2.16. The Morgan fingerprint density at radius 2 is 1.90 bits per heavy atom. The minimum Gasteiger partial charge on any atom is -0.469 e. The van der Waals surface area contributed by atoms with E-state index in [9.17, 15) is 18.0 Å². The Morgan fingerprint density at radius 3 is 2.48 bits per heavy atom. The average molecular weight is 303 g/mol. The van der Waals surface area contributed by atoms with Gasteiger partial charge in [0.2, 0.25) is 0 Å². The molecule has 1 atom stereocenters. The van der Waals surface area contributed by atoms with E-state index in [1.54, 1.807) is 0 Å². The Morgan fingerprint density at radius 1 is 1.24 bits per heavy atom. The summed E-state index contributed by atoms with van der Waals surface area (Å²) in [6.07, 6.45) is -4.36. The van der Waals surface area contributed by atoms with Gasteiger partial charge in [-0.15, -0.1) is 0 Å². The maximum Gasteiger partial charge on any atom is 0.389 e. The third kappa shape index (κ3) is 7.13. The fraction of sp³-hybridized carbons (Fsp3) is 0.533. The summed E-state index contributed by atoms with van der Waals surface area (Å²) < 4.78 is 40.7. The molecular weight excluding hydrogens is 283 g/mol. The predicted octanol–water partition coefficient (Wildman–Crippen LogP) is 3.27. The molecule has 21 heavy (non-hydrogen) atoms. The number of ether oxygens (including phenoxy) is 1. The molecule has 118 valence electrons. The van der Waals surface area contributed by atoms with E-state index in [2.05, 4.69) is 5.32 Å². The lowest BCUT2D eigenvalue weighted by atomic mass is 9.99. The van der Waals surface area contributed by atoms with Gasteiger partial charge in [-0.1, -0.05) is 30.3 Å². The van der Waals surface area contributed by atoms with Crippen molar-refractivity contribution in [1.82, 2.24) is 5.32 Å². The van der Waals surface area contributed by atoms with E-state index in [0.717, 1.165) is 5.56 Å². The number of rotatable bonds is 8. The van der Waals surface area contributed by atoms with E-state index in [1.165, 1.54) is 7.11 Å². The zero-order valence-electron chi connectivity index (χ0n) is 12.0. The fourth-order valence-electron chi connectivity index (χ4n) is 1.99. The molecule has 0 bridgehead atoms. The molecule has 1 aromatic carbocycles. The molecule has 0 spiro atoms. The van der Waals surface area contributed by atoms with E-state index in [1.807, 2.05) is 30.3 Å². The highest BCUT2D eigenvalue weighted by Crippen LogP contribution is 2.22. The van der Waals surface area contributed by atoms with Gasteiger partial charge in [-0.05, 0) is 24.9 Å². The highest BCUT2D eigenvalue weighted by Gasteiger charge is 2.26. The summed E-state index contributed by atoms with van der Waals surface area (Å²) >= 11 is 0. The number of esters is 1. The highest BCUT2D eigenvalue weighted by molar-refractivity contribution is 5.78. The first kappa shape index (κ1) is 17.5. The summed E-state index contributed by atoms with van der Waals surface area (Å²) in [5, 5.41) is 3.02. The van der Waals surface area contributed by atoms with Crippen molar-refractivity contribution in [3.8, 4) is 0 Å². The largest absolute Gasteiger partial charge is 0.469 e. The number of hydrogen-bond acceptors (Lipinski definition) is 3. The molecule has 0 aliphatic carbocycles. The molecule has 0 heterocycles. The maximum absolute atomic E-state index is 12.0. The van der Waals surface area contributed by atoms with Gasteiger partial charge >= 0.3 is 12.1 Å². The average Bonchev–Trinajstić information content (AvgIpc) is 2.45. The summed E-state index contributed by atoms with van der Waals surface area (Å²) in [4.78, 5) is 11.8. The minimum atomic E-state index is -4.10. The molecule has 0 saturated carbocycles. The number of methoxy groups -OCH3 is 1. The Balaban J connectivity index is 2.37. The zero-order chi connectivity index (χ0) is 15.7. The number of unbranched alkanes of at least 4 members (excludes halogenated alkanes) is 1. The number of halogens is 3. The van der Waals surface area contributed by atoms with E-state index in [-0.39, 0.29) is 12.4 Å². The van der Waals surface area contributed by atoms with Crippen LogP contribution in [0.5, 0.6) is 0 Å². The third-order valence-electron chi connectivity index (χ3n) is 3.10. The number of carbonyl (C=O) groups excluding carboxylic acids is 1.